The zero-order valence-corrected chi connectivity index (χ0v) is 21.1. The molecule has 34 heavy (non-hydrogen) atoms. The van der Waals surface area contributed by atoms with Crippen molar-refractivity contribution in [1.29, 1.82) is 0 Å². The van der Waals surface area contributed by atoms with E-state index in [1.54, 1.807) is 0 Å². The van der Waals surface area contributed by atoms with Gasteiger partial charge >= 0.3 is 0 Å². The predicted octanol–water partition coefficient (Wildman–Crippen LogP) is 5.42. The Morgan fingerprint density at radius 3 is 2.41 bits per heavy atom. The van der Waals surface area contributed by atoms with E-state index in [9.17, 15) is 9.50 Å². The average molecular weight is 509 g/mol. The Morgan fingerprint density at radius 1 is 1.09 bits per heavy atom. The molecule has 184 valence electrons. The van der Waals surface area contributed by atoms with Gasteiger partial charge in [0.25, 0.3) is 0 Å². The molecule has 0 amide bonds. The first kappa shape index (κ1) is 26.3. The second-order valence-electron chi connectivity index (χ2n) is 8.90. The largest absolute Gasteiger partial charge is 0.492 e. The van der Waals surface area contributed by atoms with Crippen LogP contribution < -0.4 is 9.47 Å². The van der Waals surface area contributed by atoms with Crippen molar-refractivity contribution in [3.05, 3.63) is 70.5 Å². The molecule has 9 heteroatoms. The fourth-order valence-corrected chi connectivity index (χ4v) is 3.69. The van der Waals surface area contributed by atoms with E-state index in [2.05, 4.69) is 24.2 Å². The number of aromatic nitrogens is 3. The molecule has 3 aromatic rings. The van der Waals surface area contributed by atoms with E-state index in [1.807, 2.05) is 49.4 Å². The molecule has 0 saturated heterocycles. The van der Waals surface area contributed by atoms with Gasteiger partial charge in [-0.3, -0.25) is 0 Å². The van der Waals surface area contributed by atoms with Gasteiger partial charge in [-0.05, 0) is 35.4 Å². The molecule has 1 aromatic heterocycles. The van der Waals surface area contributed by atoms with Crippen LogP contribution in [0.25, 0.3) is 0 Å². The fourth-order valence-electron chi connectivity index (χ4n) is 3.37. The first-order chi connectivity index (χ1) is 16.2. The highest BCUT2D eigenvalue weighted by atomic mass is 35.5. The number of ether oxygens (including phenoxy) is 2. The topological polar surface area (TPSA) is 69.4 Å². The van der Waals surface area contributed by atoms with Crippen molar-refractivity contribution in [2.24, 2.45) is 5.92 Å². The lowest BCUT2D eigenvalue weighted by Crippen LogP contribution is -2.24. The van der Waals surface area contributed by atoms with E-state index >= 15 is 0 Å². The average Bonchev–Trinajstić information content (AvgIpc) is 3.29. The Morgan fingerprint density at radius 2 is 1.79 bits per heavy atom. The molecular weight excluding hydrogens is 479 g/mol. The van der Waals surface area contributed by atoms with Gasteiger partial charge < -0.3 is 14.6 Å². The highest BCUT2D eigenvalue weighted by molar-refractivity contribution is 6.32. The van der Waals surface area contributed by atoms with E-state index in [-0.39, 0.29) is 30.2 Å². The summed E-state index contributed by atoms with van der Waals surface area (Å²) in [4.78, 5) is 0. The minimum atomic E-state index is -0.805. The number of hydrogen-bond donors (Lipinski definition) is 1. The number of halogens is 3. The van der Waals surface area contributed by atoms with Crippen molar-refractivity contribution >= 4 is 23.2 Å². The second-order valence-corrected chi connectivity index (χ2v) is 9.61. The van der Waals surface area contributed by atoms with Crippen molar-refractivity contribution in [3.63, 3.8) is 0 Å². The maximum Gasteiger partial charge on any atom is 0.137 e. The van der Waals surface area contributed by atoms with E-state index in [0.29, 0.717) is 29.0 Å². The molecule has 2 aromatic carbocycles. The number of aliphatic hydroxyl groups excluding tert-OH is 1. The van der Waals surface area contributed by atoms with Crippen LogP contribution in [0.4, 0.5) is 4.39 Å². The van der Waals surface area contributed by atoms with Gasteiger partial charge in [-0.25, -0.2) is 9.07 Å². The van der Waals surface area contributed by atoms with Crippen LogP contribution in [0.5, 0.6) is 11.5 Å². The molecule has 3 rings (SSSR count). The Hall–Kier alpha value is -2.35. The Labute approximate surface area is 209 Å². The minimum absolute atomic E-state index is 0.0764. The van der Waals surface area contributed by atoms with Crippen molar-refractivity contribution in [2.75, 3.05) is 19.1 Å². The lowest BCUT2D eigenvalue weighted by Gasteiger charge is -2.27. The molecule has 0 fully saturated rings. The molecule has 6 nitrogen and oxygen atoms in total. The van der Waals surface area contributed by atoms with Gasteiger partial charge in [-0.2, -0.15) is 0 Å². The van der Waals surface area contributed by atoms with Crippen LogP contribution in [-0.4, -0.2) is 45.3 Å². The molecule has 0 bridgehead atoms. The van der Waals surface area contributed by atoms with Crippen LogP contribution in [-0.2, 0) is 18.6 Å². The molecule has 0 aliphatic rings. The summed E-state index contributed by atoms with van der Waals surface area (Å²) < 4.78 is 25.5. The monoisotopic (exact) mass is 508 g/mol. The van der Waals surface area contributed by atoms with Gasteiger partial charge in [0.1, 0.15) is 36.6 Å². The van der Waals surface area contributed by atoms with Crippen LogP contribution in [0, 0.1) is 5.92 Å². The zero-order valence-electron chi connectivity index (χ0n) is 19.5. The normalized spacial score (nSPS) is 13.5. The molecule has 0 unspecified atom stereocenters. The SMILES string of the molecule is C[C@@H](CCl)COc1ccc(C(C)(C)c2ccc(OC[C@H](O)Cn3cc(C[18F])nn3)cc2)cc1Cl. The first-order valence-corrected chi connectivity index (χ1v) is 12.0. The van der Waals surface area contributed by atoms with Gasteiger partial charge in [-0.1, -0.05) is 55.8 Å². The summed E-state index contributed by atoms with van der Waals surface area (Å²) in [5, 5.41) is 18.2. The molecule has 0 radical (unpaired) electrons. The van der Waals surface area contributed by atoms with Crippen molar-refractivity contribution in [2.45, 2.75) is 45.5 Å². The minimum Gasteiger partial charge on any atom is -0.492 e. The number of rotatable bonds is 12. The van der Waals surface area contributed by atoms with Gasteiger partial charge in [0.2, 0.25) is 0 Å². The molecule has 1 heterocycles. The highest BCUT2D eigenvalue weighted by Gasteiger charge is 2.24. The predicted molar refractivity (Wildman–Crippen MR) is 132 cm³/mol. The zero-order chi connectivity index (χ0) is 24.7. The third-order valence-electron chi connectivity index (χ3n) is 5.58. The molecule has 1 N–H and O–H groups in total. The number of nitrogens with zero attached hydrogens (tertiary/aromatic N) is 3. The van der Waals surface area contributed by atoms with E-state index in [4.69, 9.17) is 32.7 Å². The molecular formula is C25H30Cl2FN3O3. The molecule has 2 atom stereocenters. The van der Waals surface area contributed by atoms with Crippen molar-refractivity contribution in [1.82, 2.24) is 15.0 Å². The molecule has 0 aliphatic heterocycles. The third-order valence-corrected chi connectivity index (χ3v) is 6.40. The summed E-state index contributed by atoms with van der Waals surface area (Å²) in [5.74, 6) is 2.06. The summed E-state index contributed by atoms with van der Waals surface area (Å²) >= 11 is 12.3. The standard InChI is InChI=1S/C25H30Cl2FN3O3/c1-17(11-26)15-34-24-9-6-19(10-23(24)27)25(2,3)18-4-7-22(8-5-18)33-16-21(32)14-31-13-20(12-28)29-30-31/h4-10,13,17,21,32H,11-12,14-16H2,1-3H3/t17-,21+/m0/s1/i28-1. The quantitative estimate of drug-likeness (QED) is 0.330. The number of benzene rings is 2. The highest BCUT2D eigenvalue weighted by Crippen LogP contribution is 2.36. The molecule has 0 spiro atoms. The summed E-state index contributed by atoms with van der Waals surface area (Å²) in [6, 6.07) is 13.6. The van der Waals surface area contributed by atoms with E-state index < -0.39 is 12.8 Å². The maximum absolute atomic E-state index is 12.6. The van der Waals surface area contributed by atoms with Gasteiger partial charge in [-0.15, -0.1) is 16.7 Å². The number of hydrogen-bond acceptors (Lipinski definition) is 5. The number of aliphatic hydroxyl groups is 1. The van der Waals surface area contributed by atoms with Gasteiger partial charge in [0.15, 0.2) is 0 Å². The Kier molecular flexibility index (Phi) is 9.17. The second kappa shape index (κ2) is 11.9. The lowest BCUT2D eigenvalue weighted by molar-refractivity contribution is 0.0888. The van der Waals surface area contributed by atoms with E-state index in [0.717, 1.165) is 11.1 Å². The van der Waals surface area contributed by atoms with Crippen LogP contribution in [0.3, 0.4) is 0 Å². The Bertz CT molecular complexity index is 1060. The van der Waals surface area contributed by atoms with Crippen LogP contribution in [0.1, 0.15) is 37.6 Å². The maximum atomic E-state index is 12.6. The Balaban J connectivity index is 1.59. The summed E-state index contributed by atoms with van der Waals surface area (Å²) in [5.41, 5.74) is 2.07. The van der Waals surface area contributed by atoms with E-state index in [1.165, 1.54) is 10.9 Å². The van der Waals surface area contributed by atoms with Crippen molar-refractivity contribution in [3.8, 4) is 11.5 Å². The van der Waals surface area contributed by atoms with Crippen LogP contribution in [0.15, 0.2) is 48.7 Å². The first-order valence-electron chi connectivity index (χ1n) is 11.1. The smallest absolute Gasteiger partial charge is 0.137 e. The summed E-state index contributed by atoms with van der Waals surface area (Å²) in [7, 11) is 0. The van der Waals surface area contributed by atoms with Crippen LogP contribution >= 0.6 is 23.2 Å². The lowest BCUT2D eigenvalue weighted by atomic mass is 9.78. The summed E-state index contributed by atoms with van der Waals surface area (Å²) in [6.45, 7) is 6.34. The molecule has 0 saturated carbocycles. The summed E-state index contributed by atoms with van der Waals surface area (Å²) in [6.07, 6.45) is 0.659. The fraction of sp³-hybridized carbons (Fsp3) is 0.440. The van der Waals surface area contributed by atoms with Gasteiger partial charge in [0.05, 0.1) is 24.4 Å². The third kappa shape index (κ3) is 6.84. The van der Waals surface area contributed by atoms with Crippen molar-refractivity contribution < 1.29 is 19.0 Å². The number of alkyl halides is 2. The van der Waals surface area contributed by atoms with Crippen LogP contribution in [0.2, 0.25) is 5.02 Å². The molecule has 0 aliphatic carbocycles. The van der Waals surface area contributed by atoms with Gasteiger partial charge in [0, 0.05) is 17.2 Å².